The fourth-order valence-corrected chi connectivity index (χ4v) is 2.56. The predicted octanol–water partition coefficient (Wildman–Crippen LogP) is 2.78. The molecule has 0 radical (unpaired) electrons. The van der Waals surface area contributed by atoms with Gasteiger partial charge >= 0.3 is 0 Å². The van der Waals surface area contributed by atoms with Crippen LogP contribution in [0.2, 0.25) is 0 Å². The summed E-state index contributed by atoms with van der Waals surface area (Å²) in [5.74, 6) is 0.850. The van der Waals surface area contributed by atoms with E-state index in [1.165, 1.54) is 0 Å². The number of methoxy groups -OCH3 is 1. The Bertz CT molecular complexity index is 684. The lowest BCUT2D eigenvalue weighted by Crippen LogP contribution is -2.37. The van der Waals surface area contributed by atoms with Crippen LogP contribution in [0.3, 0.4) is 0 Å². The molecule has 2 rings (SSSR count). The second-order valence-corrected chi connectivity index (χ2v) is 5.65. The Morgan fingerprint density at radius 1 is 1.25 bits per heavy atom. The van der Waals surface area contributed by atoms with E-state index in [1.54, 1.807) is 37.4 Å². The van der Waals surface area contributed by atoms with Crippen LogP contribution in [-0.4, -0.2) is 30.6 Å². The van der Waals surface area contributed by atoms with Gasteiger partial charge in [-0.3, -0.25) is 4.79 Å². The van der Waals surface area contributed by atoms with Gasteiger partial charge in [-0.2, -0.15) is 0 Å². The normalized spacial score (nSPS) is 11.9. The van der Waals surface area contributed by atoms with Crippen LogP contribution in [0.1, 0.15) is 29.3 Å². The highest BCUT2D eigenvalue weighted by Gasteiger charge is 2.18. The van der Waals surface area contributed by atoms with Crippen molar-refractivity contribution in [3.63, 3.8) is 0 Å². The number of ether oxygens (including phenoxy) is 1. The van der Waals surface area contributed by atoms with Crippen molar-refractivity contribution in [1.29, 1.82) is 0 Å². The van der Waals surface area contributed by atoms with E-state index in [1.807, 2.05) is 19.1 Å². The first-order valence-corrected chi connectivity index (χ1v) is 8.04. The number of carbonyl (C=O) groups excluding carboxylic acids is 1. The monoisotopic (exact) mass is 328 g/mol. The number of carbonyl (C=O) groups is 1. The van der Waals surface area contributed by atoms with Gasteiger partial charge in [0, 0.05) is 5.56 Å². The number of phenols is 1. The Morgan fingerprint density at radius 3 is 2.54 bits per heavy atom. The third kappa shape index (κ3) is 4.49. The van der Waals surface area contributed by atoms with E-state index in [9.17, 15) is 9.90 Å². The fraction of sp³-hybridized carbons (Fsp3) is 0.316. The summed E-state index contributed by atoms with van der Waals surface area (Å²) >= 11 is 0. The molecule has 5 heteroatoms. The summed E-state index contributed by atoms with van der Waals surface area (Å²) in [5, 5.41) is 12.6. The maximum Gasteiger partial charge on any atom is 0.179 e. The van der Waals surface area contributed by atoms with Crippen LogP contribution in [0.4, 0.5) is 5.69 Å². The summed E-state index contributed by atoms with van der Waals surface area (Å²) in [4.78, 5) is 12.6. The number of ketones is 1. The highest BCUT2D eigenvalue weighted by atomic mass is 16.5. The van der Waals surface area contributed by atoms with Gasteiger partial charge in [0.1, 0.15) is 11.5 Å². The third-order valence-corrected chi connectivity index (χ3v) is 3.98. The number of nitrogens with one attached hydrogen (secondary N) is 1. The molecule has 4 N–H and O–H groups in total. The van der Waals surface area contributed by atoms with Gasteiger partial charge in [-0.15, -0.1) is 0 Å². The minimum Gasteiger partial charge on any atom is -0.508 e. The van der Waals surface area contributed by atoms with E-state index in [0.717, 1.165) is 12.0 Å². The zero-order valence-corrected chi connectivity index (χ0v) is 14.1. The number of hydrogen-bond acceptors (Lipinski definition) is 5. The van der Waals surface area contributed by atoms with Crippen molar-refractivity contribution in [2.24, 2.45) is 0 Å². The van der Waals surface area contributed by atoms with Gasteiger partial charge in [0.05, 0.1) is 18.8 Å². The highest BCUT2D eigenvalue weighted by Crippen LogP contribution is 2.23. The summed E-state index contributed by atoms with van der Waals surface area (Å²) in [5.41, 5.74) is 8.03. The minimum absolute atomic E-state index is 0.0255. The van der Waals surface area contributed by atoms with Crippen molar-refractivity contribution in [3.8, 4) is 11.5 Å². The second-order valence-electron chi connectivity index (χ2n) is 5.65. The number of anilines is 1. The molecule has 5 nitrogen and oxygen atoms in total. The molecule has 0 amide bonds. The molecule has 0 aromatic heterocycles. The highest BCUT2D eigenvalue weighted by molar-refractivity contribution is 6.01. The van der Waals surface area contributed by atoms with E-state index in [0.29, 0.717) is 30.0 Å². The Labute approximate surface area is 142 Å². The molecule has 0 bridgehead atoms. The van der Waals surface area contributed by atoms with Gasteiger partial charge < -0.3 is 20.9 Å². The zero-order valence-electron chi connectivity index (χ0n) is 14.1. The number of nitrogens with two attached hydrogens (primary N) is 1. The number of hydrogen-bond donors (Lipinski definition) is 3. The minimum atomic E-state index is -0.255. The fourth-order valence-electron chi connectivity index (χ4n) is 2.56. The molecular weight excluding hydrogens is 304 g/mol. The van der Waals surface area contributed by atoms with Crippen LogP contribution in [0, 0.1) is 0 Å². The average molecular weight is 328 g/mol. The van der Waals surface area contributed by atoms with Crippen LogP contribution < -0.4 is 15.8 Å². The van der Waals surface area contributed by atoms with Crippen LogP contribution >= 0.6 is 0 Å². The average Bonchev–Trinajstić information content (AvgIpc) is 2.59. The van der Waals surface area contributed by atoms with Gasteiger partial charge in [0.2, 0.25) is 0 Å². The molecule has 0 spiro atoms. The lowest BCUT2D eigenvalue weighted by Gasteiger charge is -2.16. The zero-order chi connectivity index (χ0) is 17.5. The summed E-state index contributed by atoms with van der Waals surface area (Å²) < 4.78 is 5.12. The lowest BCUT2D eigenvalue weighted by molar-refractivity contribution is 0.0941. The lowest BCUT2D eigenvalue weighted by atomic mass is 10.0. The number of rotatable bonds is 8. The molecule has 1 atom stereocenters. The van der Waals surface area contributed by atoms with Crippen molar-refractivity contribution in [2.45, 2.75) is 25.8 Å². The number of Topliss-reactive ketones (excluding diaryl/α,β-unsaturated/α-hetero) is 1. The first-order valence-electron chi connectivity index (χ1n) is 8.04. The molecule has 0 fully saturated rings. The van der Waals surface area contributed by atoms with Crippen molar-refractivity contribution in [3.05, 3.63) is 53.6 Å². The molecule has 0 heterocycles. The van der Waals surface area contributed by atoms with E-state index in [-0.39, 0.29) is 17.6 Å². The van der Waals surface area contributed by atoms with Gasteiger partial charge in [0.25, 0.3) is 0 Å². The summed E-state index contributed by atoms with van der Waals surface area (Å²) in [6.07, 6.45) is 1.48. The molecule has 0 aliphatic rings. The Kier molecular flexibility index (Phi) is 6.21. The van der Waals surface area contributed by atoms with E-state index < -0.39 is 0 Å². The van der Waals surface area contributed by atoms with Gasteiger partial charge in [-0.1, -0.05) is 19.1 Å². The molecule has 2 aromatic rings. The molecule has 0 aliphatic carbocycles. The maximum absolute atomic E-state index is 12.6. The van der Waals surface area contributed by atoms with E-state index >= 15 is 0 Å². The Hall–Kier alpha value is -2.53. The van der Waals surface area contributed by atoms with Crippen LogP contribution in [0.15, 0.2) is 42.5 Å². The molecule has 0 aliphatic heterocycles. The van der Waals surface area contributed by atoms with Crippen LogP contribution in [-0.2, 0) is 6.42 Å². The van der Waals surface area contributed by atoms with Gasteiger partial charge in [0.15, 0.2) is 5.78 Å². The first kappa shape index (κ1) is 17.8. The van der Waals surface area contributed by atoms with Gasteiger partial charge in [-0.05, 0) is 55.3 Å². The van der Waals surface area contributed by atoms with Gasteiger partial charge in [-0.25, -0.2) is 0 Å². The number of nitrogen functional groups attached to an aromatic ring is 1. The molecule has 0 saturated heterocycles. The molecule has 128 valence electrons. The molecule has 2 aromatic carbocycles. The van der Waals surface area contributed by atoms with Crippen molar-refractivity contribution < 1.29 is 14.6 Å². The van der Waals surface area contributed by atoms with Crippen molar-refractivity contribution in [1.82, 2.24) is 5.32 Å². The number of benzene rings is 2. The number of aromatic hydroxyl groups is 1. The standard InChI is InChI=1S/C19H24N2O3/c1-3-17(21-11-10-13-4-7-15(22)8-5-13)19(23)14-6-9-18(24-2)16(20)12-14/h4-9,12,17,21-22H,3,10-11,20H2,1-2H3. The van der Waals surface area contributed by atoms with Crippen molar-refractivity contribution in [2.75, 3.05) is 19.4 Å². The topological polar surface area (TPSA) is 84.6 Å². The second kappa shape index (κ2) is 8.36. The SMILES string of the molecule is CCC(NCCc1ccc(O)cc1)C(=O)c1ccc(OC)c(N)c1. The van der Waals surface area contributed by atoms with E-state index in [2.05, 4.69) is 5.32 Å². The third-order valence-electron chi connectivity index (χ3n) is 3.98. The summed E-state index contributed by atoms with van der Waals surface area (Å²) in [6.45, 7) is 2.66. The number of phenolic OH excluding ortho intramolecular Hbond substituents is 1. The first-order chi connectivity index (χ1) is 11.5. The molecule has 0 saturated carbocycles. The van der Waals surface area contributed by atoms with Crippen LogP contribution in [0.25, 0.3) is 0 Å². The quantitative estimate of drug-likeness (QED) is 0.512. The largest absolute Gasteiger partial charge is 0.508 e. The molecular formula is C19H24N2O3. The smallest absolute Gasteiger partial charge is 0.179 e. The predicted molar refractivity (Wildman–Crippen MR) is 95.6 cm³/mol. The summed E-state index contributed by atoms with van der Waals surface area (Å²) in [7, 11) is 1.55. The molecule has 1 unspecified atom stereocenters. The Balaban J connectivity index is 1.96. The maximum atomic E-state index is 12.6. The Morgan fingerprint density at radius 2 is 1.96 bits per heavy atom. The van der Waals surface area contributed by atoms with Crippen molar-refractivity contribution >= 4 is 11.5 Å². The van der Waals surface area contributed by atoms with Crippen LogP contribution in [0.5, 0.6) is 11.5 Å². The molecule has 24 heavy (non-hydrogen) atoms. The summed E-state index contributed by atoms with van der Waals surface area (Å²) in [6, 6.07) is 11.9. The van der Waals surface area contributed by atoms with E-state index in [4.69, 9.17) is 10.5 Å².